The Morgan fingerprint density at radius 3 is 2.54 bits per heavy atom. The molecule has 2 unspecified atom stereocenters. The first-order chi connectivity index (χ1) is 5.96. The molecule has 0 amide bonds. The fourth-order valence-electron chi connectivity index (χ4n) is 2.50. The van der Waals surface area contributed by atoms with Gasteiger partial charge in [0.05, 0.1) is 6.10 Å². The van der Waals surface area contributed by atoms with Gasteiger partial charge in [-0.2, -0.15) is 0 Å². The Morgan fingerprint density at radius 2 is 2.08 bits per heavy atom. The van der Waals surface area contributed by atoms with E-state index in [2.05, 4.69) is 33.8 Å². The predicted molar refractivity (Wildman–Crippen MR) is 56.6 cm³/mol. The number of hydrogen-bond donors (Lipinski definition) is 1. The lowest BCUT2D eigenvalue weighted by Crippen LogP contribution is -2.37. The number of aliphatic hydroxyl groups excluding tert-OH is 1. The third-order valence-electron chi connectivity index (χ3n) is 3.24. The van der Waals surface area contributed by atoms with E-state index >= 15 is 0 Å². The van der Waals surface area contributed by atoms with E-state index in [-0.39, 0.29) is 11.5 Å². The lowest BCUT2D eigenvalue weighted by Gasteiger charge is -2.39. The molecule has 1 nitrogen and oxygen atoms in total. The van der Waals surface area contributed by atoms with Gasteiger partial charge in [0.2, 0.25) is 0 Å². The van der Waals surface area contributed by atoms with Gasteiger partial charge in [0.25, 0.3) is 0 Å². The van der Waals surface area contributed by atoms with Crippen molar-refractivity contribution in [1.82, 2.24) is 0 Å². The summed E-state index contributed by atoms with van der Waals surface area (Å²) in [7, 11) is 0. The van der Waals surface area contributed by atoms with Crippen LogP contribution in [0, 0.1) is 11.3 Å². The molecule has 1 heteroatoms. The minimum atomic E-state index is -0.156. The van der Waals surface area contributed by atoms with E-state index in [1.54, 1.807) is 0 Å². The van der Waals surface area contributed by atoms with Gasteiger partial charge in [-0.25, -0.2) is 0 Å². The molecule has 1 aliphatic carbocycles. The molecule has 0 aromatic carbocycles. The first-order valence-corrected chi connectivity index (χ1v) is 5.29. The molecule has 0 radical (unpaired) electrons. The minimum Gasteiger partial charge on any atom is -0.392 e. The fraction of sp³-hybridized carbons (Fsp3) is 0.833. The average Bonchev–Trinajstić information content (AvgIpc) is 2.02. The van der Waals surface area contributed by atoms with Crippen LogP contribution in [0.5, 0.6) is 0 Å². The molecular weight excluding hydrogens is 160 g/mol. The van der Waals surface area contributed by atoms with Crippen LogP contribution in [0.1, 0.15) is 47.0 Å². The monoisotopic (exact) mass is 182 g/mol. The van der Waals surface area contributed by atoms with Gasteiger partial charge in [-0.1, -0.05) is 32.4 Å². The lowest BCUT2D eigenvalue weighted by atomic mass is 9.69. The fourth-order valence-corrected chi connectivity index (χ4v) is 2.50. The molecule has 1 aliphatic rings. The van der Waals surface area contributed by atoms with Gasteiger partial charge in [0, 0.05) is 0 Å². The van der Waals surface area contributed by atoms with E-state index in [9.17, 15) is 5.11 Å². The summed E-state index contributed by atoms with van der Waals surface area (Å²) in [6.45, 7) is 8.59. The molecule has 1 N–H and O–H groups in total. The highest BCUT2D eigenvalue weighted by molar-refractivity contribution is 5.08. The second kappa shape index (κ2) is 3.83. The van der Waals surface area contributed by atoms with E-state index < -0.39 is 0 Å². The van der Waals surface area contributed by atoms with Gasteiger partial charge in [-0.3, -0.25) is 0 Å². The summed E-state index contributed by atoms with van der Waals surface area (Å²) in [5.41, 5.74) is 1.56. The number of aliphatic hydroxyl groups is 1. The Kier molecular flexibility index (Phi) is 3.18. The zero-order valence-corrected chi connectivity index (χ0v) is 9.30. The molecule has 0 fully saturated rings. The molecule has 0 aliphatic heterocycles. The molecule has 0 aromatic heterocycles. The van der Waals surface area contributed by atoms with Crippen molar-refractivity contribution >= 4 is 0 Å². The lowest BCUT2D eigenvalue weighted by molar-refractivity contribution is -0.00573. The molecule has 0 heterocycles. The average molecular weight is 182 g/mol. The highest BCUT2D eigenvalue weighted by Gasteiger charge is 2.35. The van der Waals surface area contributed by atoms with Crippen LogP contribution in [-0.2, 0) is 0 Å². The van der Waals surface area contributed by atoms with Crippen molar-refractivity contribution in [3.63, 3.8) is 0 Å². The maximum atomic E-state index is 10.1. The summed E-state index contributed by atoms with van der Waals surface area (Å²) < 4.78 is 0. The topological polar surface area (TPSA) is 20.2 Å². The Balaban J connectivity index is 2.71. The summed E-state index contributed by atoms with van der Waals surface area (Å²) >= 11 is 0. The molecular formula is C12H22O. The van der Waals surface area contributed by atoms with Crippen LogP contribution < -0.4 is 0 Å². The summed E-state index contributed by atoms with van der Waals surface area (Å²) in [5, 5.41) is 10.1. The van der Waals surface area contributed by atoms with Gasteiger partial charge < -0.3 is 5.11 Å². The van der Waals surface area contributed by atoms with Crippen molar-refractivity contribution in [2.75, 3.05) is 0 Å². The van der Waals surface area contributed by atoms with Crippen LogP contribution in [0.4, 0.5) is 0 Å². The Labute approximate surface area is 81.9 Å². The quantitative estimate of drug-likeness (QED) is 0.650. The highest BCUT2D eigenvalue weighted by Crippen LogP contribution is 2.40. The molecule has 0 bridgehead atoms. The summed E-state index contributed by atoms with van der Waals surface area (Å²) in [6, 6.07) is 0. The number of allylic oxidation sites excluding steroid dienone is 2. The standard InChI is InChI=1S/C12H22O/c1-9(2)11(13)12(4)7-5-6-10(3)8-12/h6,9,11,13H,5,7-8H2,1-4H3. The SMILES string of the molecule is CC1=CCCC(C)(C(O)C(C)C)C1. The zero-order valence-electron chi connectivity index (χ0n) is 9.30. The molecule has 1 rings (SSSR count). The van der Waals surface area contributed by atoms with E-state index in [4.69, 9.17) is 0 Å². The van der Waals surface area contributed by atoms with E-state index in [0.29, 0.717) is 5.92 Å². The second-order valence-corrected chi connectivity index (χ2v) is 5.11. The smallest absolute Gasteiger partial charge is 0.0619 e. The van der Waals surface area contributed by atoms with Crippen molar-refractivity contribution in [3.8, 4) is 0 Å². The zero-order chi connectivity index (χ0) is 10.1. The second-order valence-electron chi connectivity index (χ2n) is 5.11. The van der Waals surface area contributed by atoms with Crippen molar-refractivity contribution in [2.24, 2.45) is 11.3 Å². The number of rotatable bonds is 2. The third kappa shape index (κ3) is 2.34. The maximum absolute atomic E-state index is 10.1. The van der Waals surface area contributed by atoms with Crippen LogP contribution >= 0.6 is 0 Å². The van der Waals surface area contributed by atoms with Crippen molar-refractivity contribution in [3.05, 3.63) is 11.6 Å². The molecule has 13 heavy (non-hydrogen) atoms. The highest BCUT2D eigenvalue weighted by atomic mass is 16.3. The largest absolute Gasteiger partial charge is 0.392 e. The molecule has 2 atom stereocenters. The van der Waals surface area contributed by atoms with Gasteiger partial charge in [-0.15, -0.1) is 0 Å². The van der Waals surface area contributed by atoms with Gasteiger partial charge in [0.1, 0.15) is 0 Å². The predicted octanol–water partition coefficient (Wildman–Crippen LogP) is 3.14. The van der Waals surface area contributed by atoms with Crippen LogP contribution in [0.25, 0.3) is 0 Å². The first-order valence-electron chi connectivity index (χ1n) is 5.29. The molecule has 0 spiro atoms. The first kappa shape index (κ1) is 10.8. The van der Waals surface area contributed by atoms with Gasteiger partial charge in [-0.05, 0) is 37.5 Å². The van der Waals surface area contributed by atoms with Crippen LogP contribution in [0.15, 0.2) is 11.6 Å². The van der Waals surface area contributed by atoms with Crippen LogP contribution in [0.2, 0.25) is 0 Å². The summed E-state index contributed by atoms with van der Waals surface area (Å²) in [5.74, 6) is 0.371. The van der Waals surface area contributed by atoms with E-state index in [1.807, 2.05) is 0 Å². The van der Waals surface area contributed by atoms with E-state index in [1.165, 1.54) is 5.57 Å². The van der Waals surface area contributed by atoms with Gasteiger partial charge >= 0.3 is 0 Å². The summed E-state index contributed by atoms with van der Waals surface area (Å²) in [6.07, 6.45) is 5.47. The Morgan fingerprint density at radius 1 is 1.46 bits per heavy atom. The maximum Gasteiger partial charge on any atom is 0.0619 e. The van der Waals surface area contributed by atoms with Crippen LogP contribution in [0.3, 0.4) is 0 Å². The number of hydrogen-bond acceptors (Lipinski definition) is 1. The van der Waals surface area contributed by atoms with Crippen molar-refractivity contribution in [1.29, 1.82) is 0 Å². The molecule has 0 saturated carbocycles. The normalized spacial score (nSPS) is 31.7. The Hall–Kier alpha value is -0.300. The molecule has 0 saturated heterocycles. The van der Waals surface area contributed by atoms with Crippen molar-refractivity contribution in [2.45, 2.75) is 53.1 Å². The van der Waals surface area contributed by atoms with Crippen LogP contribution in [-0.4, -0.2) is 11.2 Å². The van der Waals surface area contributed by atoms with Gasteiger partial charge in [0.15, 0.2) is 0 Å². The Bertz CT molecular complexity index is 205. The third-order valence-corrected chi connectivity index (χ3v) is 3.24. The summed E-state index contributed by atoms with van der Waals surface area (Å²) in [4.78, 5) is 0. The van der Waals surface area contributed by atoms with E-state index in [0.717, 1.165) is 19.3 Å². The molecule has 76 valence electrons. The minimum absolute atomic E-state index is 0.118. The van der Waals surface area contributed by atoms with Crippen molar-refractivity contribution < 1.29 is 5.11 Å². The molecule has 0 aromatic rings.